The van der Waals surface area contributed by atoms with Crippen molar-refractivity contribution in [1.29, 1.82) is 0 Å². The number of nitrogens with zero attached hydrogens (tertiary/aromatic N) is 3. The zero-order chi connectivity index (χ0) is 16.6. The molecule has 2 aromatic heterocycles. The maximum absolute atomic E-state index is 12.7. The van der Waals surface area contributed by atoms with Gasteiger partial charge in [0.1, 0.15) is 5.39 Å². The van der Waals surface area contributed by atoms with Crippen LogP contribution < -0.4 is 10.3 Å². The Kier molecular flexibility index (Phi) is 4.17. The van der Waals surface area contributed by atoms with Gasteiger partial charge in [0.2, 0.25) is 5.88 Å². The van der Waals surface area contributed by atoms with Crippen LogP contribution in [0.2, 0.25) is 0 Å². The second kappa shape index (κ2) is 6.12. The lowest BCUT2D eigenvalue weighted by Gasteiger charge is -2.15. The number of benzene rings is 1. The zero-order valence-corrected chi connectivity index (χ0v) is 14.4. The second-order valence-corrected chi connectivity index (χ2v) is 6.63. The molecule has 0 aliphatic heterocycles. The lowest BCUT2D eigenvalue weighted by atomic mass is 10.00. The van der Waals surface area contributed by atoms with Crippen LogP contribution in [-0.4, -0.2) is 21.3 Å². The van der Waals surface area contributed by atoms with Crippen molar-refractivity contribution in [2.24, 2.45) is 0 Å². The molecule has 0 saturated carbocycles. The third-order valence-corrected chi connectivity index (χ3v) is 4.82. The minimum Gasteiger partial charge on any atom is -0.480 e. The van der Waals surface area contributed by atoms with Crippen LogP contribution in [0, 0.1) is 0 Å². The van der Waals surface area contributed by atoms with E-state index in [-0.39, 0.29) is 11.6 Å². The molecule has 6 heteroatoms. The van der Waals surface area contributed by atoms with Gasteiger partial charge in [0.15, 0.2) is 0 Å². The Hall–Kier alpha value is -2.21. The average Bonchev–Trinajstić information content (AvgIpc) is 2.98. The Bertz CT molecular complexity index is 881. The number of hydrogen-bond acceptors (Lipinski definition) is 5. The summed E-state index contributed by atoms with van der Waals surface area (Å²) in [5.41, 5.74) is 2.15. The van der Waals surface area contributed by atoms with Crippen molar-refractivity contribution in [3.63, 3.8) is 0 Å². The first-order valence-electron chi connectivity index (χ1n) is 7.54. The standard InChI is InChI=1S/C17H19N3O2S/c1-10(2)12-5-7-13(8-6-12)11(3)20-17(21)15-14(9-18-20)23-19-16(15)22-4/h5-11H,1-4H3. The molecule has 0 aliphatic rings. The minimum absolute atomic E-state index is 0.155. The smallest absolute Gasteiger partial charge is 0.281 e. The molecular formula is C17H19N3O2S. The second-order valence-electron chi connectivity index (χ2n) is 5.82. The number of rotatable bonds is 4. The van der Waals surface area contributed by atoms with Crippen molar-refractivity contribution in [2.45, 2.75) is 32.7 Å². The van der Waals surface area contributed by atoms with Crippen molar-refractivity contribution in [3.8, 4) is 5.88 Å². The molecule has 1 unspecified atom stereocenters. The fourth-order valence-corrected chi connectivity index (χ4v) is 3.28. The summed E-state index contributed by atoms with van der Waals surface area (Å²) < 4.78 is 11.6. The Labute approximate surface area is 138 Å². The van der Waals surface area contributed by atoms with Gasteiger partial charge in [-0.05, 0) is 35.5 Å². The van der Waals surface area contributed by atoms with Crippen molar-refractivity contribution < 1.29 is 4.74 Å². The van der Waals surface area contributed by atoms with Crippen LogP contribution in [0.5, 0.6) is 5.88 Å². The highest BCUT2D eigenvalue weighted by Crippen LogP contribution is 2.26. The van der Waals surface area contributed by atoms with Crippen molar-refractivity contribution >= 4 is 21.6 Å². The van der Waals surface area contributed by atoms with E-state index >= 15 is 0 Å². The molecular weight excluding hydrogens is 310 g/mol. The van der Waals surface area contributed by atoms with Crippen LogP contribution in [-0.2, 0) is 0 Å². The van der Waals surface area contributed by atoms with Crippen LogP contribution in [0.3, 0.4) is 0 Å². The number of aromatic nitrogens is 3. The van der Waals surface area contributed by atoms with E-state index in [0.717, 1.165) is 10.3 Å². The van der Waals surface area contributed by atoms with E-state index in [4.69, 9.17) is 4.74 Å². The molecule has 1 aromatic carbocycles. The van der Waals surface area contributed by atoms with Gasteiger partial charge >= 0.3 is 0 Å². The molecule has 0 spiro atoms. The zero-order valence-electron chi connectivity index (χ0n) is 13.6. The van der Waals surface area contributed by atoms with E-state index in [1.165, 1.54) is 28.9 Å². The van der Waals surface area contributed by atoms with E-state index in [9.17, 15) is 4.79 Å². The van der Waals surface area contributed by atoms with Gasteiger partial charge < -0.3 is 4.74 Å². The van der Waals surface area contributed by atoms with Gasteiger partial charge in [0.05, 0.1) is 24.0 Å². The lowest BCUT2D eigenvalue weighted by Crippen LogP contribution is -2.26. The molecule has 0 fully saturated rings. The predicted molar refractivity (Wildman–Crippen MR) is 92.6 cm³/mol. The minimum atomic E-state index is -0.173. The van der Waals surface area contributed by atoms with Crippen LogP contribution in [0.1, 0.15) is 43.9 Å². The Morgan fingerprint density at radius 1 is 1.13 bits per heavy atom. The Balaban J connectivity index is 2.05. The monoisotopic (exact) mass is 329 g/mol. The van der Waals surface area contributed by atoms with E-state index in [1.807, 2.05) is 6.92 Å². The summed E-state index contributed by atoms with van der Waals surface area (Å²) in [4.78, 5) is 12.7. The summed E-state index contributed by atoms with van der Waals surface area (Å²) in [6, 6.07) is 8.17. The number of methoxy groups -OCH3 is 1. The van der Waals surface area contributed by atoms with Crippen molar-refractivity contribution in [3.05, 3.63) is 51.9 Å². The third kappa shape index (κ3) is 2.74. The van der Waals surface area contributed by atoms with Crippen molar-refractivity contribution in [2.75, 3.05) is 7.11 Å². The SMILES string of the molecule is COc1nsc2cnn(C(C)c3ccc(C(C)C)cc3)c(=O)c12. The van der Waals surface area contributed by atoms with Gasteiger partial charge in [0, 0.05) is 0 Å². The summed E-state index contributed by atoms with van der Waals surface area (Å²) in [5.74, 6) is 0.853. The third-order valence-electron chi connectivity index (χ3n) is 4.05. The van der Waals surface area contributed by atoms with Crippen LogP contribution in [0.15, 0.2) is 35.3 Å². The molecule has 0 radical (unpaired) electrons. The quantitative estimate of drug-likeness (QED) is 0.734. The van der Waals surface area contributed by atoms with Crippen LogP contribution >= 0.6 is 11.5 Å². The molecule has 5 nitrogen and oxygen atoms in total. The van der Waals surface area contributed by atoms with E-state index in [0.29, 0.717) is 17.2 Å². The van der Waals surface area contributed by atoms with Crippen LogP contribution in [0.25, 0.3) is 10.1 Å². The first kappa shape index (κ1) is 15.7. The first-order chi connectivity index (χ1) is 11.0. The van der Waals surface area contributed by atoms with Gasteiger partial charge in [-0.25, -0.2) is 4.68 Å². The number of hydrogen-bond donors (Lipinski definition) is 0. The largest absolute Gasteiger partial charge is 0.480 e. The van der Waals surface area contributed by atoms with Gasteiger partial charge in [-0.15, -0.1) is 0 Å². The lowest BCUT2D eigenvalue weighted by molar-refractivity contribution is 0.406. The molecule has 23 heavy (non-hydrogen) atoms. The Morgan fingerprint density at radius 2 is 1.78 bits per heavy atom. The van der Waals surface area contributed by atoms with E-state index < -0.39 is 0 Å². The van der Waals surface area contributed by atoms with Gasteiger partial charge in [-0.3, -0.25) is 4.79 Å². The van der Waals surface area contributed by atoms with Crippen LogP contribution in [0.4, 0.5) is 0 Å². The van der Waals surface area contributed by atoms with E-state index in [1.54, 1.807) is 6.20 Å². The first-order valence-corrected chi connectivity index (χ1v) is 8.31. The fraction of sp³-hybridized carbons (Fsp3) is 0.353. The Morgan fingerprint density at radius 3 is 2.39 bits per heavy atom. The molecule has 0 aliphatic carbocycles. The summed E-state index contributed by atoms with van der Waals surface area (Å²) in [6.07, 6.45) is 1.68. The summed E-state index contributed by atoms with van der Waals surface area (Å²) in [6.45, 7) is 6.29. The summed E-state index contributed by atoms with van der Waals surface area (Å²) in [7, 11) is 1.52. The number of fused-ring (bicyclic) bond motifs is 1. The maximum atomic E-state index is 12.7. The molecule has 0 N–H and O–H groups in total. The molecule has 3 rings (SSSR count). The summed E-state index contributed by atoms with van der Waals surface area (Å²) >= 11 is 1.22. The molecule has 0 bridgehead atoms. The molecule has 2 heterocycles. The molecule has 1 atom stereocenters. The average molecular weight is 329 g/mol. The number of ether oxygens (including phenoxy) is 1. The topological polar surface area (TPSA) is 57.0 Å². The predicted octanol–water partition coefficient (Wildman–Crippen LogP) is 3.59. The normalized spacial score (nSPS) is 12.7. The van der Waals surface area contributed by atoms with Gasteiger partial charge in [-0.2, -0.15) is 9.47 Å². The molecule has 120 valence electrons. The molecule has 0 amide bonds. The van der Waals surface area contributed by atoms with Gasteiger partial charge in [0.25, 0.3) is 5.56 Å². The van der Waals surface area contributed by atoms with E-state index in [2.05, 4.69) is 47.6 Å². The highest BCUT2D eigenvalue weighted by molar-refractivity contribution is 7.13. The van der Waals surface area contributed by atoms with Gasteiger partial charge in [-0.1, -0.05) is 38.1 Å². The molecule has 0 saturated heterocycles. The maximum Gasteiger partial charge on any atom is 0.281 e. The summed E-state index contributed by atoms with van der Waals surface area (Å²) in [5, 5.41) is 4.81. The fourth-order valence-electron chi connectivity index (χ4n) is 2.57. The molecule has 3 aromatic rings. The highest BCUT2D eigenvalue weighted by Gasteiger charge is 2.17. The van der Waals surface area contributed by atoms with Crippen molar-refractivity contribution in [1.82, 2.24) is 14.2 Å². The highest BCUT2D eigenvalue weighted by atomic mass is 32.1.